The van der Waals surface area contributed by atoms with E-state index in [9.17, 15) is 4.79 Å². The lowest BCUT2D eigenvalue weighted by Crippen LogP contribution is -2.04. The van der Waals surface area contributed by atoms with Gasteiger partial charge in [-0.15, -0.1) is 0 Å². The van der Waals surface area contributed by atoms with E-state index in [1.165, 1.54) is 0 Å². The molecular formula is C25H16N2O2. The summed E-state index contributed by atoms with van der Waals surface area (Å²) in [4.78, 5) is 22.5. The quantitative estimate of drug-likeness (QED) is 0.293. The highest BCUT2D eigenvalue weighted by Gasteiger charge is 2.15. The molecule has 0 saturated heterocycles. The molecule has 0 aliphatic carbocycles. The molecule has 4 heteroatoms. The first-order chi connectivity index (χ1) is 14.3. The van der Waals surface area contributed by atoms with Gasteiger partial charge in [-0.2, -0.15) is 0 Å². The molecule has 1 heterocycles. The number of carbonyl (C=O) groups excluding carboxylic acids is 1. The maximum atomic E-state index is 13.2. The Hall–Kier alpha value is -4.05. The Bertz CT molecular complexity index is 1330. The number of ketones is 1. The fraction of sp³-hybridized carbons (Fsp3) is 0. The molecule has 0 radical (unpaired) electrons. The van der Waals surface area contributed by atoms with Crippen LogP contribution in [0.25, 0.3) is 22.1 Å². The van der Waals surface area contributed by atoms with Gasteiger partial charge in [0.2, 0.25) is 0 Å². The molecule has 0 saturated carbocycles. The van der Waals surface area contributed by atoms with Crippen molar-refractivity contribution in [2.45, 2.75) is 0 Å². The van der Waals surface area contributed by atoms with Crippen LogP contribution in [0.3, 0.4) is 0 Å². The normalized spacial score (nSPS) is 10.9. The molecular weight excluding hydrogens is 360 g/mol. The second kappa shape index (κ2) is 7.17. The van der Waals surface area contributed by atoms with Crippen molar-refractivity contribution < 1.29 is 9.53 Å². The van der Waals surface area contributed by atoms with Gasteiger partial charge in [0, 0.05) is 5.56 Å². The summed E-state index contributed by atoms with van der Waals surface area (Å²) in [5, 5.41) is 0. The summed E-state index contributed by atoms with van der Waals surface area (Å²) in [6, 6.07) is 29.9. The Kier molecular flexibility index (Phi) is 4.22. The number of hydrogen-bond acceptors (Lipinski definition) is 4. The summed E-state index contributed by atoms with van der Waals surface area (Å²) in [6.45, 7) is 0. The third-order valence-electron chi connectivity index (χ3n) is 4.71. The lowest BCUT2D eigenvalue weighted by atomic mass is 10.0. The van der Waals surface area contributed by atoms with Gasteiger partial charge in [0.25, 0.3) is 0 Å². The van der Waals surface area contributed by atoms with Crippen LogP contribution in [-0.4, -0.2) is 15.8 Å². The molecule has 4 nitrogen and oxygen atoms in total. The van der Waals surface area contributed by atoms with Crippen molar-refractivity contribution in [3.05, 3.63) is 108 Å². The van der Waals surface area contributed by atoms with E-state index in [0.717, 1.165) is 16.8 Å². The Balaban J connectivity index is 1.50. The van der Waals surface area contributed by atoms with Crippen molar-refractivity contribution in [1.29, 1.82) is 0 Å². The first-order valence-electron chi connectivity index (χ1n) is 9.31. The summed E-state index contributed by atoms with van der Waals surface area (Å²) >= 11 is 0. The lowest BCUT2D eigenvalue weighted by Gasteiger charge is -2.08. The number of hydrogen-bond donors (Lipinski definition) is 0. The van der Waals surface area contributed by atoms with Crippen molar-refractivity contribution in [1.82, 2.24) is 9.97 Å². The number of ether oxygens (including phenoxy) is 1. The van der Waals surface area contributed by atoms with E-state index in [0.29, 0.717) is 27.9 Å². The molecule has 0 fully saturated rings. The molecule has 0 N–H and O–H groups in total. The largest absolute Gasteiger partial charge is 0.457 e. The van der Waals surface area contributed by atoms with Crippen LogP contribution in [0.4, 0.5) is 0 Å². The van der Waals surface area contributed by atoms with E-state index in [1.54, 1.807) is 30.3 Å². The lowest BCUT2D eigenvalue weighted by molar-refractivity contribution is 0.104. The molecule has 0 bridgehead atoms. The van der Waals surface area contributed by atoms with Crippen LogP contribution >= 0.6 is 0 Å². The molecule has 4 aromatic carbocycles. The van der Waals surface area contributed by atoms with E-state index in [-0.39, 0.29) is 5.78 Å². The van der Waals surface area contributed by atoms with E-state index in [4.69, 9.17) is 4.74 Å². The van der Waals surface area contributed by atoms with Crippen molar-refractivity contribution in [2.24, 2.45) is 0 Å². The van der Waals surface area contributed by atoms with E-state index in [2.05, 4.69) is 9.97 Å². The molecule has 5 rings (SSSR count). The molecule has 0 amide bonds. The van der Waals surface area contributed by atoms with Gasteiger partial charge in [0.1, 0.15) is 17.0 Å². The summed E-state index contributed by atoms with van der Waals surface area (Å²) in [5.74, 6) is 1.34. The zero-order valence-corrected chi connectivity index (χ0v) is 15.4. The second-order valence-corrected chi connectivity index (χ2v) is 6.65. The molecule has 1 aromatic heterocycles. The number of para-hydroxylation sites is 4. The number of carbonyl (C=O) groups is 1. The van der Waals surface area contributed by atoms with Gasteiger partial charge in [0.05, 0.1) is 22.1 Å². The van der Waals surface area contributed by atoms with Crippen LogP contribution in [0.1, 0.15) is 15.9 Å². The Morgan fingerprint density at radius 3 is 1.97 bits per heavy atom. The van der Waals surface area contributed by atoms with Gasteiger partial charge in [0.15, 0.2) is 5.78 Å². The second-order valence-electron chi connectivity index (χ2n) is 6.65. The van der Waals surface area contributed by atoms with Gasteiger partial charge in [-0.25, -0.2) is 9.97 Å². The first-order valence-corrected chi connectivity index (χ1v) is 9.31. The molecule has 138 valence electrons. The molecule has 0 aliphatic heterocycles. The number of nitrogens with zero attached hydrogens (tertiary/aromatic N) is 2. The van der Waals surface area contributed by atoms with Crippen LogP contribution in [0.5, 0.6) is 11.5 Å². The van der Waals surface area contributed by atoms with Gasteiger partial charge >= 0.3 is 0 Å². The summed E-state index contributed by atoms with van der Waals surface area (Å²) in [7, 11) is 0. The van der Waals surface area contributed by atoms with Crippen molar-refractivity contribution in [3.8, 4) is 11.5 Å². The molecule has 29 heavy (non-hydrogen) atoms. The number of aromatic nitrogens is 2. The van der Waals surface area contributed by atoms with Crippen LogP contribution in [0, 0.1) is 0 Å². The predicted molar refractivity (Wildman–Crippen MR) is 113 cm³/mol. The maximum Gasteiger partial charge on any atom is 0.195 e. The monoisotopic (exact) mass is 376 g/mol. The van der Waals surface area contributed by atoms with Gasteiger partial charge in [-0.1, -0.05) is 36.4 Å². The van der Waals surface area contributed by atoms with Crippen LogP contribution in [-0.2, 0) is 0 Å². The SMILES string of the molecule is O=C(c1ccc(Oc2ccccc2)cc1)c1cccc2nc3ccccc3nc12. The average molecular weight is 376 g/mol. The Labute approximate surface area is 167 Å². The topological polar surface area (TPSA) is 52.1 Å². The van der Waals surface area contributed by atoms with Crippen LogP contribution < -0.4 is 4.74 Å². The third-order valence-corrected chi connectivity index (χ3v) is 4.71. The third kappa shape index (κ3) is 3.32. The first kappa shape index (κ1) is 17.1. The number of benzene rings is 4. The molecule has 0 aliphatic rings. The van der Waals surface area contributed by atoms with Gasteiger partial charge < -0.3 is 4.74 Å². The summed E-state index contributed by atoms with van der Waals surface area (Å²) in [6.07, 6.45) is 0. The highest BCUT2D eigenvalue weighted by atomic mass is 16.5. The van der Waals surface area contributed by atoms with Crippen LogP contribution in [0.15, 0.2) is 97.1 Å². The zero-order chi connectivity index (χ0) is 19.6. The fourth-order valence-corrected chi connectivity index (χ4v) is 3.28. The van der Waals surface area contributed by atoms with Crippen molar-refractivity contribution >= 4 is 27.9 Å². The molecule has 5 aromatic rings. The molecule has 0 atom stereocenters. The summed E-state index contributed by atoms with van der Waals surface area (Å²) in [5.41, 5.74) is 4.02. The average Bonchev–Trinajstić information content (AvgIpc) is 2.78. The molecule has 0 spiro atoms. The number of rotatable bonds is 4. The van der Waals surface area contributed by atoms with E-state index in [1.807, 2.05) is 66.7 Å². The smallest absolute Gasteiger partial charge is 0.195 e. The molecule has 0 unspecified atom stereocenters. The Morgan fingerprint density at radius 1 is 0.586 bits per heavy atom. The highest BCUT2D eigenvalue weighted by molar-refractivity contribution is 6.15. The highest BCUT2D eigenvalue weighted by Crippen LogP contribution is 2.24. The van der Waals surface area contributed by atoms with E-state index >= 15 is 0 Å². The fourth-order valence-electron chi connectivity index (χ4n) is 3.28. The minimum atomic E-state index is -0.0913. The Morgan fingerprint density at radius 2 is 1.21 bits per heavy atom. The van der Waals surface area contributed by atoms with Crippen molar-refractivity contribution in [2.75, 3.05) is 0 Å². The van der Waals surface area contributed by atoms with E-state index < -0.39 is 0 Å². The zero-order valence-electron chi connectivity index (χ0n) is 15.4. The van der Waals surface area contributed by atoms with Gasteiger partial charge in [-0.3, -0.25) is 4.79 Å². The standard InChI is InChI=1S/C25H16N2O2/c28-25(17-13-15-19(16-14-17)29-18-7-2-1-3-8-18)20-9-6-12-23-24(20)27-22-11-5-4-10-21(22)26-23/h1-16H. The summed E-state index contributed by atoms with van der Waals surface area (Å²) < 4.78 is 5.80. The minimum Gasteiger partial charge on any atom is -0.457 e. The number of fused-ring (bicyclic) bond motifs is 2. The van der Waals surface area contributed by atoms with Crippen LogP contribution in [0.2, 0.25) is 0 Å². The van der Waals surface area contributed by atoms with Gasteiger partial charge in [-0.05, 0) is 60.7 Å². The maximum absolute atomic E-state index is 13.2. The predicted octanol–water partition coefficient (Wildman–Crippen LogP) is 5.81. The minimum absolute atomic E-state index is 0.0913. The van der Waals surface area contributed by atoms with Crippen molar-refractivity contribution in [3.63, 3.8) is 0 Å².